The van der Waals surface area contributed by atoms with Crippen LogP contribution >= 0.6 is 0 Å². The fraction of sp³-hybridized carbons (Fsp3) is 0.238. The average molecular weight is 333 g/mol. The molecule has 2 aromatic carbocycles. The highest BCUT2D eigenvalue weighted by molar-refractivity contribution is 6.16. The normalized spacial score (nSPS) is 11.5. The maximum atomic E-state index is 11.4. The van der Waals surface area contributed by atoms with Gasteiger partial charge in [-0.25, -0.2) is 0 Å². The number of fused-ring (bicyclic) bond motifs is 4. The molecule has 4 rings (SSSR count). The Morgan fingerprint density at radius 3 is 2.68 bits per heavy atom. The SMILES string of the molecule is CCC(=O)OC[n+]1ccc2c(C)c3[nH]c4ccccc4c3c(C)c2c1. The van der Waals surface area contributed by atoms with Crippen LogP contribution in [0, 0.1) is 13.8 Å². The number of rotatable bonds is 3. The molecule has 1 N–H and O–H groups in total. The van der Waals surface area contributed by atoms with Crippen molar-refractivity contribution in [2.24, 2.45) is 0 Å². The van der Waals surface area contributed by atoms with Crippen LogP contribution in [0.15, 0.2) is 42.7 Å². The van der Waals surface area contributed by atoms with E-state index in [1.54, 1.807) is 6.92 Å². The average Bonchev–Trinajstić information content (AvgIpc) is 3.04. The fourth-order valence-electron chi connectivity index (χ4n) is 3.58. The van der Waals surface area contributed by atoms with E-state index in [1.165, 1.54) is 38.2 Å². The molecule has 2 heterocycles. The molecule has 2 aromatic heterocycles. The highest BCUT2D eigenvalue weighted by atomic mass is 16.5. The number of carbonyl (C=O) groups is 1. The van der Waals surface area contributed by atoms with Gasteiger partial charge in [0.05, 0.1) is 5.52 Å². The molecule has 0 radical (unpaired) electrons. The van der Waals surface area contributed by atoms with Gasteiger partial charge in [-0.05, 0) is 36.4 Å². The second-order valence-electron chi connectivity index (χ2n) is 6.46. The minimum absolute atomic E-state index is 0.187. The third-order valence-electron chi connectivity index (χ3n) is 4.95. The van der Waals surface area contributed by atoms with Gasteiger partial charge in [0.25, 0.3) is 6.73 Å². The van der Waals surface area contributed by atoms with Crippen molar-refractivity contribution in [3.8, 4) is 0 Å². The molecule has 0 atom stereocenters. The Morgan fingerprint density at radius 1 is 1.08 bits per heavy atom. The minimum atomic E-state index is -0.187. The van der Waals surface area contributed by atoms with Crippen molar-refractivity contribution < 1.29 is 14.1 Å². The van der Waals surface area contributed by atoms with Gasteiger partial charge in [0.1, 0.15) is 0 Å². The second kappa shape index (κ2) is 5.88. The third kappa shape index (κ3) is 2.45. The summed E-state index contributed by atoms with van der Waals surface area (Å²) in [4.78, 5) is 15.0. The van der Waals surface area contributed by atoms with E-state index >= 15 is 0 Å². The number of aryl methyl sites for hydroxylation is 2. The maximum Gasteiger partial charge on any atom is 0.310 e. The summed E-state index contributed by atoms with van der Waals surface area (Å²) in [5, 5.41) is 4.91. The van der Waals surface area contributed by atoms with Crippen LogP contribution < -0.4 is 4.57 Å². The molecule has 0 amide bonds. The van der Waals surface area contributed by atoms with Crippen LogP contribution in [0.5, 0.6) is 0 Å². The summed E-state index contributed by atoms with van der Waals surface area (Å²) in [6.07, 6.45) is 4.43. The lowest BCUT2D eigenvalue weighted by molar-refractivity contribution is -0.726. The quantitative estimate of drug-likeness (QED) is 0.449. The number of aromatic amines is 1. The Bertz CT molecular complexity index is 1130. The van der Waals surface area contributed by atoms with Crippen molar-refractivity contribution in [2.75, 3.05) is 0 Å². The number of hydrogen-bond acceptors (Lipinski definition) is 2. The van der Waals surface area contributed by atoms with Crippen LogP contribution in [0.25, 0.3) is 32.6 Å². The number of nitrogens with one attached hydrogen (secondary N) is 1. The highest BCUT2D eigenvalue weighted by Gasteiger charge is 2.16. The molecule has 126 valence electrons. The van der Waals surface area contributed by atoms with E-state index < -0.39 is 0 Å². The fourth-order valence-corrected chi connectivity index (χ4v) is 3.58. The molecule has 4 heteroatoms. The number of para-hydroxylation sites is 1. The number of aromatic nitrogens is 2. The van der Waals surface area contributed by atoms with Gasteiger partial charge in [-0.3, -0.25) is 4.79 Å². The van der Waals surface area contributed by atoms with Gasteiger partial charge in [0.2, 0.25) is 0 Å². The number of esters is 1. The Balaban J connectivity index is 1.95. The molecular weight excluding hydrogens is 312 g/mol. The Kier molecular flexibility index (Phi) is 3.68. The zero-order chi connectivity index (χ0) is 17.6. The summed E-state index contributed by atoms with van der Waals surface area (Å²) in [5.41, 5.74) is 4.83. The second-order valence-corrected chi connectivity index (χ2v) is 6.46. The largest absolute Gasteiger partial charge is 0.405 e. The minimum Gasteiger partial charge on any atom is -0.405 e. The topological polar surface area (TPSA) is 46.0 Å². The Hall–Kier alpha value is -2.88. The number of benzene rings is 2. The molecule has 0 bridgehead atoms. The predicted octanol–water partition coefficient (Wildman–Crippen LogP) is 4.29. The van der Waals surface area contributed by atoms with E-state index in [4.69, 9.17) is 4.74 Å². The number of pyridine rings is 1. The van der Waals surface area contributed by atoms with Crippen LogP contribution in [0.2, 0.25) is 0 Å². The Morgan fingerprint density at radius 2 is 1.88 bits per heavy atom. The van der Waals surface area contributed by atoms with Crippen LogP contribution in [0.3, 0.4) is 0 Å². The molecule has 0 aliphatic rings. The first kappa shape index (κ1) is 15.6. The number of ether oxygens (including phenoxy) is 1. The molecule has 0 saturated carbocycles. The molecule has 0 fully saturated rings. The van der Waals surface area contributed by atoms with Crippen LogP contribution in [0.4, 0.5) is 0 Å². The lowest BCUT2D eigenvalue weighted by Crippen LogP contribution is -2.35. The van der Waals surface area contributed by atoms with Gasteiger partial charge in [-0.1, -0.05) is 25.1 Å². The predicted molar refractivity (Wildman–Crippen MR) is 99.4 cm³/mol. The smallest absolute Gasteiger partial charge is 0.310 e. The molecule has 0 spiro atoms. The van der Waals surface area contributed by atoms with E-state index in [0.29, 0.717) is 6.42 Å². The van der Waals surface area contributed by atoms with Gasteiger partial charge in [0.15, 0.2) is 12.4 Å². The first-order valence-electron chi connectivity index (χ1n) is 8.58. The monoisotopic (exact) mass is 333 g/mol. The molecule has 0 unspecified atom stereocenters. The van der Waals surface area contributed by atoms with Gasteiger partial charge in [0, 0.05) is 34.2 Å². The maximum absolute atomic E-state index is 11.4. The van der Waals surface area contributed by atoms with Crippen molar-refractivity contribution in [3.63, 3.8) is 0 Å². The van der Waals surface area contributed by atoms with E-state index in [2.05, 4.69) is 55.4 Å². The standard InChI is InChI=1S/C21H20N2O2/c1-4-19(24)25-12-23-10-9-15-14(3)21-20(13(2)17(15)11-23)16-7-5-6-8-18(16)22-21/h5-11H,4,12H2,1-3H3/p+1. The molecule has 0 saturated heterocycles. The zero-order valence-corrected chi connectivity index (χ0v) is 14.7. The lowest BCUT2D eigenvalue weighted by atomic mass is 9.97. The van der Waals surface area contributed by atoms with Crippen molar-refractivity contribution in [1.29, 1.82) is 0 Å². The molecule has 4 nitrogen and oxygen atoms in total. The summed E-state index contributed by atoms with van der Waals surface area (Å²) >= 11 is 0. The van der Waals surface area contributed by atoms with Gasteiger partial charge < -0.3 is 9.72 Å². The van der Waals surface area contributed by atoms with Gasteiger partial charge in [-0.15, -0.1) is 0 Å². The summed E-state index contributed by atoms with van der Waals surface area (Å²) in [7, 11) is 0. The first-order valence-corrected chi connectivity index (χ1v) is 8.58. The molecule has 0 aliphatic heterocycles. The van der Waals surface area contributed by atoms with E-state index in [1.807, 2.05) is 10.8 Å². The molecule has 4 aromatic rings. The third-order valence-corrected chi connectivity index (χ3v) is 4.95. The van der Waals surface area contributed by atoms with Crippen molar-refractivity contribution in [2.45, 2.75) is 33.9 Å². The summed E-state index contributed by atoms with van der Waals surface area (Å²) in [6, 6.07) is 10.5. The number of nitrogens with zero attached hydrogens (tertiary/aromatic N) is 1. The van der Waals surface area contributed by atoms with E-state index in [-0.39, 0.29) is 12.7 Å². The van der Waals surface area contributed by atoms with Crippen LogP contribution in [-0.2, 0) is 16.3 Å². The molecular formula is C21H21N2O2+. The molecule has 25 heavy (non-hydrogen) atoms. The highest BCUT2D eigenvalue weighted by Crippen LogP contribution is 2.35. The summed E-state index contributed by atoms with van der Waals surface area (Å²) in [6.45, 7) is 6.36. The first-order chi connectivity index (χ1) is 12.1. The van der Waals surface area contributed by atoms with Crippen LogP contribution in [0.1, 0.15) is 24.5 Å². The summed E-state index contributed by atoms with van der Waals surface area (Å²) in [5.74, 6) is -0.187. The van der Waals surface area contributed by atoms with Gasteiger partial charge in [-0.2, -0.15) is 4.57 Å². The summed E-state index contributed by atoms with van der Waals surface area (Å²) < 4.78 is 7.18. The Labute approximate surface area is 146 Å². The zero-order valence-electron chi connectivity index (χ0n) is 14.7. The van der Waals surface area contributed by atoms with E-state index in [0.717, 1.165) is 5.52 Å². The lowest BCUT2D eigenvalue weighted by Gasteiger charge is -2.08. The molecule has 0 aliphatic carbocycles. The van der Waals surface area contributed by atoms with Gasteiger partial charge >= 0.3 is 5.97 Å². The number of carbonyl (C=O) groups excluding carboxylic acids is 1. The number of H-pyrrole nitrogens is 1. The number of hydrogen-bond donors (Lipinski definition) is 1. The van der Waals surface area contributed by atoms with Crippen molar-refractivity contribution >= 4 is 38.5 Å². The van der Waals surface area contributed by atoms with Crippen LogP contribution in [-0.4, -0.2) is 11.0 Å². The van der Waals surface area contributed by atoms with Crippen molar-refractivity contribution in [3.05, 3.63) is 53.9 Å². The van der Waals surface area contributed by atoms with E-state index in [9.17, 15) is 4.79 Å². The van der Waals surface area contributed by atoms with Crippen molar-refractivity contribution in [1.82, 2.24) is 4.98 Å².